The van der Waals surface area contributed by atoms with Crippen molar-refractivity contribution in [3.05, 3.63) is 60.8 Å². The van der Waals surface area contributed by atoms with E-state index in [1.54, 1.807) is 0 Å². The molecule has 0 fully saturated rings. The van der Waals surface area contributed by atoms with Crippen LogP contribution in [0.5, 0.6) is 0 Å². The monoisotopic (exact) mass is 937 g/mol. The molecule has 0 saturated heterocycles. The van der Waals surface area contributed by atoms with Crippen molar-refractivity contribution in [1.29, 1.82) is 0 Å². The standard InChI is InChI=1S/C61H108O6/c1-4-7-10-13-16-19-22-25-27-29-30-31-32-33-35-36-39-42-45-48-51-54-60(63)66-57-58(56-65-59(62)53-50-47-44-41-38-24-21-18-15-12-9-6-3)67-61(64)55-52-49-46-43-40-37-34-28-26-23-20-17-14-11-8-5-2/h7,10,16,19,25,27-28,30-31,34,58H,4-6,8-9,11-15,17-18,20-24,26,29,32-33,35-57H2,1-3H3/b10-7-,19-16-,27-25-,31-30-,34-28-. The third-order valence-corrected chi connectivity index (χ3v) is 12.5. The maximum atomic E-state index is 12.8. The van der Waals surface area contributed by atoms with Crippen LogP contribution in [-0.2, 0) is 28.6 Å². The highest BCUT2D eigenvalue weighted by Gasteiger charge is 2.19. The van der Waals surface area contributed by atoms with Crippen LogP contribution in [0.4, 0.5) is 0 Å². The summed E-state index contributed by atoms with van der Waals surface area (Å²) in [5, 5.41) is 0. The minimum Gasteiger partial charge on any atom is -0.462 e. The number of unbranched alkanes of at least 4 members (excludes halogenated alkanes) is 31. The summed E-state index contributed by atoms with van der Waals surface area (Å²) in [5.41, 5.74) is 0. The lowest BCUT2D eigenvalue weighted by Gasteiger charge is -2.18. The smallest absolute Gasteiger partial charge is 0.306 e. The first kappa shape index (κ1) is 64.1. The van der Waals surface area contributed by atoms with Crippen LogP contribution in [0.15, 0.2) is 60.8 Å². The second kappa shape index (κ2) is 55.7. The molecule has 0 spiro atoms. The number of ether oxygens (including phenoxy) is 3. The van der Waals surface area contributed by atoms with E-state index >= 15 is 0 Å². The summed E-state index contributed by atoms with van der Waals surface area (Å²) in [6.07, 6.45) is 69.2. The van der Waals surface area contributed by atoms with Gasteiger partial charge in [-0.25, -0.2) is 0 Å². The highest BCUT2D eigenvalue weighted by atomic mass is 16.6. The van der Waals surface area contributed by atoms with Gasteiger partial charge in [0, 0.05) is 19.3 Å². The fourth-order valence-electron chi connectivity index (χ4n) is 8.19. The van der Waals surface area contributed by atoms with E-state index in [2.05, 4.69) is 81.5 Å². The van der Waals surface area contributed by atoms with E-state index in [0.29, 0.717) is 19.3 Å². The van der Waals surface area contributed by atoms with Crippen molar-refractivity contribution in [2.75, 3.05) is 13.2 Å². The molecule has 1 atom stereocenters. The van der Waals surface area contributed by atoms with Gasteiger partial charge in [-0.2, -0.15) is 0 Å². The van der Waals surface area contributed by atoms with Crippen molar-refractivity contribution < 1.29 is 28.6 Å². The summed E-state index contributed by atoms with van der Waals surface area (Å²) in [5.74, 6) is -0.883. The van der Waals surface area contributed by atoms with Crippen LogP contribution in [-0.4, -0.2) is 37.2 Å². The topological polar surface area (TPSA) is 78.9 Å². The largest absolute Gasteiger partial charge is 0.462 e. The average molecular weight is 938 g/mol. The summed E-state index contributed by atoms with van der Waals surface area (Å²) in [4.78, 5) is 38.1. The fraction of sp³-hybridized carbons (Fsp3) is 0.787. The molecule has 0 aliphatic rings. The van der Waals surface area contributed by atoms with E-state index in [4.69, 9.17) is 14.2 Å². The van der Waals surface area contributed by atoms with Crippen molar-refractivity contribution in [2.45, 2.75) is 297 Å². The van der Waals surface area contributed by atoms with Crippen LogP contribution in [0.25, 0.3) is 0 Å². The van der Waals surface area contributed by atoms with E-state index < -0.39 is 6.10 Å². The van der Waals surface area contributed by atoms with Crippen molar-refractivity contribution in [3.63, 3.8) is 0 Å². The predicted octanol–water partition coefficient (Wildman–Crippen LogP) is 19.2. The second-order valence-electron chi connectivity index (χ2n) is 19.2. The number of carbonyl (C=O) groups is 3. The Labute approximate surface area is 415 Å². The number of carbonyl (C=O) groups excluding carboxylic acids is 3. The lowest BCUT2D eigenvalue weighted by Crippen LogP contribution is -2.30. The Morgan fingerprint density at radius 2 is 0.582 bits per heavy atom. The van der Waals surface area contributed by atoms with Gasteiger partial charge in [-0.1, -0.05) is 248 Å². The first-order valence-electron chi connectivity index (χ1n) is 28.8. The van der Waals surface area contributed by atoms with Crippen molar-refractivity contribution in [1.82, 2.24) is 0 Å². The van der Waals surface area contributed by atoms with E-state index in [1.165, 1.54) is 148 Å². The minimum atomic E-state index is -0.780. The molecule has 1 unspecified atom stereocenters. The molecule has 67 heavy (non-hydrogen) atoms. The zero-order valence-corrected chi connectivity index (χ0v) is 44.4. The van der Waals surface area contributed by atoms with E-state index in [9.17, 15) is 14.4 Å². The van der Waals surface area contributed by atoms with Crippen LogP contribution in [0.1, 0.15) is 290 Å². The number of esters is 3. The number of allylic oxidation sites excluding steroid dienone is 10. The molecule has 0 N–H and O–H groups in total. The van der Waals surface area contributed by atoms with Crippen molar-refractivity contribution in [3.8, 4) is 0 Å². The van der Waals surface area contributed by atoms with Gasteiger partial charge in [0.15, 0.2) is 6.10 Å². The van der Waals surface area contributed by atoms with Gasteiger partial charge in [-0.15, -0.1) is 0 Å². The molecule has 0 aromatic heterocycles. The first-order valence-corrected chi connectivity index (χ1v) is 28.8. The molecule has 0 rings (SSSR count). The third-order valence-electron chi connectivity index (χ3n) is 12.5. The highest BCUT2D eigenvalue weighted by Crippen LogP contribution is 2.16. The molecule has 0 radical (unpaired) electrons. The highest BCUT2D eigenvalue weighted by molar-refractivity contribution is 5.71. The fourth-order valence-corrected chi connectivity index (χ4v) is 8.19. The summed E-state index contributed by atoms with van der Waals surface area (Å²) in [6.45, 7) is 6.53. The zero-order valence-electron chi connectivity index (χ0n) is 44.4. The molecule has 0 heterocycles. The van der Waals surface area contributed by atoms with Crippen LogP contribution in [0, 0.1) is 0 Å². The molecule has 0 aromatic carbocycles. The summed E-state index contributed by atoms with van der Waals surface area (Å²) >= 11 is 0. The number of rotatable bonds is 52. The Bertz CT molecular complexity index is 1210. The summed E-state index contributed by atoms with van der Waals surface area (Å²) in [7, 11) is 0. The van der Waals surface area contributed by atoms with E-state index in [1.807, 2.05) is 0 Å². The van der Waals surface area contributed by atoms with Gasteiger partial charge in [-0.05, 0) is 83.5 Å². The van der Waals surface area contributed by atoms with Crippen LogP contribution < -0.4 is 0 Å². The molecule has 0 aromatic rings. The Morgan fingerprint density at radius 3 is 0.925 bits per heavy atom. The molecule has 0 amide bonds. The molecule has 388 valence electrons. The van der Waals surface area contributed by atoms with Crippen LogP contribution in [0.2, 0.25) is 0 Å². The Hall–Kier alpha value is -2.89. The maximum absolute atomic E-state index is 12.8. The molecular weight excluding hydrogens is 829 g/mol. The molecule has 6 heteroatoms. The second-order valence-corrected chi connectivity index (χ2v) is 19.2. The Balaban J connectivity index is 4.34. The molecule has 0 bridgehead atoms. The van der Waals surface area contributed by atoms with Crippen LogP contribution in [0.3, 0.4) is 0 Å². The predicted molar refractivity (Wildman–Crippen MR) is 288 cm³/mol. The average Bonchev–Trinajstić information content (AvgIpc) is 3.33. The van der Waals surface area contributed by atoms with Gasteiger partial charge < -0.3 is 14.2 Å². The SMILES string of the molecule is CC/C=C\C/C=C\C/C=C\C/C=C\CCCCCCCCCCC(=O)OCC(COC(=O)CCCCCCCCCCCCCC)OC(=O)CCCCCCC/C=C\CCCCCCCCC. The number of hydrogen-bond donors (Lipinski definition) is 0. The zero-order chi connectivity index (χ0) is 48.6. The van der Waals surface area contributed by atoms with E-state index in [0.717, 1.165) is 103 Å². The molecule has 0 saturated carbocycles. The summed E-state index contributed by atoms with van der Waals surface area (Å²) in [6, 6.07) is 0. The van der Waals surface area contributed by atoms with Crippen molar-refractivity contribution in [2.24, 2.45) is 0 Å². The van der Waals surface area contributed by atoms with Gasteiger partial charge >= 0.3 is 17.9 Å². The molecular formula is C61H108O6. The summed E-state index contributed by atoms with van der Waals surface area (Å²) < 4.78 is 16.9. The van der Waals surface area contributed by atoms with Gasteiger partial charge in [0.2, 0.25) is 0 Å². The van der Waals surface area contributed by atoms with E-state index in [-0.39, 0.29) is 31.1 Å². The Kier molecular flexibility index (Phi) is 53.3. The first-order chi connectivity index (χ1) is 33.0. The lowest BCUT2D eigenvalue weighted by atomic mass is 10.0. The Morgan fingerprint density at radius 1 is 0.313 bits per heavy atom. The minimum absolute atomic E-state index is 0.0774. The molecule has 6 nitrogen and oxygen atoms in total. The molecule has 0 aliphatic heterocycles. The third kappa shape index (κ3) is 53.9. The maximum Gasteiger partial charge on any atom is 0.306 e. The van der Waals surface area contributed by atoms with Crippen molar-refractivity contribution >= 4 is 17.9 Å². The number of hydrogen-bond acceptors (Lipinski definition) is 6. The van der Waals surface area contributed by atoms with Gasteiger partial charge in [0.05, 0.1) is 0 Å². The van der Waals surface area contributed by atoms with Crippen LogP contribution >= 0.6 is 0 Å². The quantitative estimate of drug-likeness (QED) is 0.0262. The van der Waals surface area contributed by atoms with Gasteiger partial charge in [0.25, 0.3) is 0 Å². The normalized spacial score (nSPS) is 12.5. The van der Waals surface area contributed by atoms with Gasteiger partial charge in [0.1, 0.15) is 13.2 Å². The lowest BCUT2D eigenvalue weighted by molar-refractivity contribution is -0.167. The van der Waals surface area contributed by atoms with Gasteiger partial charge in [-0.3, -0.25) is 14.4 Å². The molecule has 0 aliphatic carbocycles.